The molecular weight excluding hydrogens is 470 g/mol. The van der Waals surface area contributed by atoms with Crippen molar-refractivity contribution in [2.75, 3.05) is 18.5 Å². The molecule has 1 aromatic carbocycles. The molecule has 3 heterocycles. The molecule has 3 N–H and O–H groups in total. The minimum Gasteiger partial charge on any atom is -0.395 e. The standard InChI is InChI=1S/C24H24ClN7O3/c1-2-14-6-8-15(9-7-14)13-32-19-18(16-4-3-5-17(25)12-16)27-21(22-30-24(34)35-31-22)28-20(19)29-23(32)26-10-11-33/h1,3-5,12,14-15,33H,6-11,13H2,(H,30,31,34)(H,26,27,28,29). The number of aromatic amines is 1. The maximum atomic E-state index is 11.5. The molecule has 1 saturated carbocycles. The Hall–Kier alpha value is -3.68. The Bertz CT molecular complexity index is 1440. The van der Waals surface area contributed by atoms with Crippen molar-refractivity contribution in [1.29, 1.82) is 0 Å². The molecule has 11 heteroatoms. The van der Waals surface area contributed by atoms with E-state index >= 15 is 0 Å². The smallest absolute Gasteiger partial charge is 0.395 e. The van der Waals surface area contributed by atoms with Crippen LogP contribution in [0.5, 0.6) is 0 Å². The first kappa shape index (κ1) is 23.1. The highest BCUT2D eigenvalue weighted by molar-refractivity contribution is 6.30. The number of aliphatic hydroxyl groups is 1. The number of H-pyrrole nitrogens is 1. The first-order chi connectivity index (χ1) is 17.1. The van der Waals surface area contributed by atoms with Gasteiger partial charge in [0, 0.05) is 29.6 Å². The van der Waals surface area contributed by atoms with Gasteiger partial charge in [-0.15, -0.1) is 12.3 Å². The van der Waals surface area contributed by atoms with Crippen molar-refractivity contribution in [3.8, 4) is 35.2 Å². The number of aliphatic hydroxyl groups excluding tert-OH is 1. The molecule has 5 rings (SSSR count). The molecule has 0 unspecified atom stereocenters. The molecule has 0 aliphatic heterocycles. The topological polar surface area (TPSA) is 135 Å². The normalized spacial score (nSPS) is 18.0. The van der Waals surface area contributed by atoms with Gasteiger partial charge in [-0.3, -0.25) is 9.51 Å². The first-order valence-corrected chi connectivity index (χ1v) is 11.8. The predicted molar refractivity (Wildman–Crippen MR) is 132 cm³/mol. The second-order valence-corrected chi connectivity index (χ2v) is 9.04. The number of imidazole rings is 1. The van der Waals surface area contributed by atoms with Gasteiger partial charge in [0.2, 0.25) is 17.6 Å². The Labute approximate surface area is 205 Å². The first-order valence-electron chi connectivity index (χ1n) is 11.5. The summed E-state index contributed by atoms with van der Waals surface area (Å²) in [4.78, 5) is 28.1. The van der Waals surface area contributed by atoms with Gasteiger partial charge in [-0.1, -0.05) is 28.9 Å². The number of hydrogen-bond donors (Lipinski definition) is 3. The van der Waals surface area contributed by atoms with E-state index in [1.807, 2.05) is 18.2 Å². The van der Waals surface area contributed by atoms with Crippen molar-refractivity contribution in [3.63, 3.8) is 0 Å². The number of terminal acetylenes is 1. The molecule has 3 aromatic heterocycles. The predicted octanol–water partition coefficient (Wildman–Crippen LogP) is 3.33. The number of fused-ring (bicyclic) bond motifs is 1. The molecule has 0 radical (unpaired) electrons. The number of nitrogens with one attached hydrogen (secondary N) is 2. The lowest BCUT2D eigenvalue weighted by atomic mass is 9.82. The molecular formula is C24H24ClN7O3. The van der Waals surface area contributed by atoms with Gasteiger partial charge in [-0.2, -0.15) is 4.98 Å². The van der Waals surface area contributed by atoms with Crippen LogP contribution in [0.1, 0.15) is 25.7 Å². The fraction of sp³-hybridized carbons (Fsp3) is 0.375. The van der Waals surface area contributed by atoms with Crippen LogP contribution in [0.25, 0.3) is 34.1 Å². The molecule has 1 fully saturated rings. The van der Waals surface area contributed by atoms with Crippen LogP contribution >= 0.6 is 11.6 Å². The van der Waals surface area contributed by atoms with Crippen molar-refractivity contribution in [3.05, 3.63) is 39.8 Å². The molecule has 1 aliphatic carbocycles. The van der Waals surface area contributed by atoms with Gasteiger partial charge in [0.1, 0.15) is 11.2 Å². The van der Waals surface area contributed by atoms with E-state index in [9.17, 15) is 9.90 Å². The van der Waals surface area contributed by atoms with E-state index in [0.29, 0.717) is 47.2 Å². The summed E-state index contributed by atoms with van der Waals surface area (Å²) in [6, 6.07) is 7.35. The van der Waals surface area contributed by atoms with E-state index in [4.69, 9.17) is 28.0 Å². The largest absolute Gasteiger partial charge is 0.439 e. The minimum absolute atomic E-state index is 0.0469. The lowest BCUT2D eigenvalue weighted by Crippen LogP contribution is -2.20. The lowest BCUT2D eigenvalue weighted by molar-refractivity contribution is 0.288. The summed E-state index contributed by atoms with van der Waals surface area (Å²) in [5.74, 6) is 3.77. The zero-order valence-corrected chi connectivity index (χ0v) is 19.6. The van der Waals surface area contributed by atoms with Gasteiger partial charge in [-0.25, -0.2) is 14.8 Å². The third kappa shape index (κ3) is 4.78. The van der Waals surface area contributed by atoms with Crippen LogP contribution in [0.4, 0.5) is 5.95 Å². The van der Waals surface area contributed by atoms with Gasteiger partial charge < -0.3 is 15.0 Å². The monoisotopic (exact) mass is 493 g/mol. The average Bonchev–Trinajstić information content (AvgIpc) is 3.46. The molecule has 0 spiro atoms. The molecule has 35 heavy (non-hydrogen) atoms. The third-order valence-corrected chi connectivity index (χ3v) is 6.51. The van der Waals surface area contributed by atoms with Crippen LogP contribution in [0.3, 0.4) is 0 Å². The van der Waals surface area contributed by atoms with Crippen molar-refractivity contribution in [2.24, 2.45) is 11.8 Å². The highest BCUT2D eigenvalue weighted by Crippen LogP contribution is 2.35. The van der Waals surface area contributed by atoms with Crippen molar-refractivity contribution >= 4 is 28.7 Å². The summed E-state index contributed by atoms with van der Waals surface area (Å²) in [5, 5.41) is 16.9. The van der Waals surface area contributed by atoms with Crippen LogP contribution in [0, 0.1) is 24.2 Å². The number of anilines is 1. The molecule has 0 amide bonds. The SMILES string of the molecule is C#CC1CCC(Cn2c(NCCO)nc3nc(-c4noc(=O)[nH]4)nc(-c4cccc(Cl)c4)c32)CC1. The zero-order valence-electron chi connectivity index (χ0n) is 18.9. The van der Waals surface area contributed by atoms with Crippen LogP contribution in [-0.2, 0) is 6.54 Å². The van der Waals surface area contributed by atoms with E-state index in [1.165, 1.54) is 0 Å². The van der Waals surface area contributed by atoms with Crippen LogP contribution < -0.4 is 11.1 Å². The maximum Gasteiger partial charge on any atom is 0.439 e. The second-order valence-electron chi connectivity index (χ2n) is 8.60. The lowest BCUT2D eigenvalue weighted by Gasteiger charge is -2.26. The molecule has 0 bridgehead atoms. The highest BCUT2D eigenvalue weighted by atomic mass is 35.5. The van der Waals surface area contributed by atoms with Gasteiger partial charge in [0.25, 0.3) is 0 Å². The second kappa shape index (κ2) is 9.90. The average molecular weight is 494 g/mol. The van der Waals surface area contributed by atoms with Crippen molar-refractivity contribution in [2.45, 2.75) is 32.2 Å². The molecule has 1 aliphatic rings. The number of benzene rings is 1. The third-order valence-electron chi connectivity index (χ3n) is 6.27. The molecule has 10 nitrogen and oxygen atoms in total. The Kier molecular flexibility index (Phi) is 6.53. The highest BCUT2D eigenvalue weighted by Gasteiger charge is 2.25. The minimum atomic E-state index is -0.702. The number of halogens is 1. The summed E-state index contributed by atoms with van der Waals surface area (Å²) in [6.45, 7) is 0.976. The van der Waals surface area contributed by atoms with Crippen LogP contribution in [0.2, 0.25) is 5.02 Å². The van der Waals surface area contributed by atoms with E-state index < -0.39 is 5.76 Å². The number of hydrogen-bond acceptors (Lipinski definition) is 8. The summed E-state index contributed by atoms with van der Waals surface area (Å²) in [5.41, 5.74) is 2.51. The van der Waals surface area contributed by atoms with Crippen LogP contribution in [-0.4, -0.2) is 47.9 Å². The van der Waals surface area contributed by atoms with Gasteiger partial charge >= 0.3 is 5.76 Å². The van der Waals surface area contributed by atoms with E-state index in [-0.39, 0.29) is 18.3 Å². The van der Waals surface area contributed by atoms with Crippen molar-refractivity contribution in [1.82, 2.24) is 29.7 Å². The molecule has 0 saturated heterocycles. The number of rotatable bonds is 7. The van der Waals surface area contributed by atoms with E-state index in [0.717, 1.165) is 36.8 Å². The fourth-order valence-corrected chi connectivity index (χ4v) is 4.75. The number of aromatic nitrogens is 6. The van der Waals surface area contributed by atoms with Gasteiger partial charge in [0.05, 0.1) is 6.61 Å². The van der Waals surface area contributed by atoms with Crippen molar-refractivity contribution < 1.29 is 9.63 Å². The molecule has 180 valence electrons. The quantitative estimate of drug-likeness (QED) is 0.334. The maximum absolute atomic E-state index is 11.5. The Morgan fingerprint density at radius 1 is 1.26 bits per heavy atom. The van der Waals surface area contributed by atoms with E-state index in [1.54, 1.807) is 6.07 Å². The zero-order chi connectivity index (χ0) is 24.4. The van der Waals surface area contributed by atoms with Gasteiger partial charge in [-0.05, 0) is 43.7 Å². The number of nitrogens with zero attached hydrogens (tertiary/aromatic N) is 5. The van der Waals surface area contributed by atoms with Crippen LogP contribution in [0.15, 0.2) is 33.6 Å². The Morgan fingerprint density at radius 2 is 2.09 bits per heavy atom. The summed E-state index contributed by atoms with van der Waals surface area (Å²) in [6.07, 6.45) is 9.65. The summed E-state index contributed by atoms with van der Waals surface area (Å²) < 4.78 is 6.72. The Morgan fingerprint density at radius 3 is 2.77 bits per heavy atom. The molecule has 4 aromatic rings. The van der Waals surface area contributed by atoms with E-state index in [2.05, 4.69) is 35.5 Å². The summed E-state index contributed by atoms with van der Waals surface area (Å²) >= 11 is 6.31. The fourth-order valence-electron chi connectivity index (χ4n) is 4.56. The Balaban J connectivity index is 1.67. The van der Waals surface area contributed by atoms with Gasteiger partial charge in [0.15, 0.2) is 5.65 Å². The summed E-state index contributed by atoms with van der Waals surface area (Å²) in [7, 11) is 0. The molecule has 0 atom stereocenters.